The molecule has 28 heavy (non-hydrogen) atoms. The molecule has 4 heterocycles. The number of piperidine rings is 1. The Morgan fingerprint density at radius 2 is 2.04 bits per heavy atom. The van der Waals surface area contributed by atoms with Crippen molar-refractivity contribution < 1.29 is 5.11 Å². The number of aliphatic hydroxyl groups is 1. The van der Waals surface area contributed by atoms with E-state index in [2.05, 4.69) is 23.7 Å². The molecule has 0 unspecified atom stereocenters. The average molecular weight is 401 g/mol. The van der Waals surface area contributed by atoms with E-state index in [0.717, 1.165) is 48.2 Å². The number of anilines is 1. The van der Waals surface area contributed by atoms with Crippen molar-refractivity contribution in [2.45, 2.75) is 39.2 Å². The summed E-state index contributed by atoms with van der Waals surface area (Å²) in [6.07, 6.45) is 5.61. The second-order valence-electron chi connectivity index (χ2n) is 7.63. The van der Waals surface area contributed by atoms with Crippen molar-refractivity contribution in [1.82, 2.24) is 19.5 Å². The van der Waals surface area contributed by atoms with E-state index < -0.39 is 6.10 Å². The summed E-state index contributed by atoms with van der Waals surface area (Å²) in [6, 6.07) is 0. The second-order valence-corrected chi connectivity index (χ2v) is 8.83. The van der Waals surface area contributed by atoms with Crippen LogP contribution in [-0.4, -0.2) is 44.3 Å². The molecule has 0 amide bonds. The van der Waals surface area contributed by atoms with Gasteiger partial charge in [0, 0.05) is 43.8 Å². The van der Waals surface area contributed by atoms with Crippen molar-refractivity contribution >= 4 is 27.4 Å². The predicted octanol–water partition coefficient (Wildman–Crippen LogP) is 2.49. The number of nitrogens with two attached hydrogens (primary N) is 1. The van der Waals surface area contributed by atoms with Crippen molar-refractivity contribution in [3.63, 3.8) is 0 Å². The lowest BCUT2D eigenvalue weighted by molar-refractivity contribution is 0.0824. The third-order valence-corrected chi connectivity index (χ3v) is 6.93. The molecule has 1 fully saturated rings. The minimum atomic E-state index is -0.523. The summed E-state index contributed by atoms with van der Waals surface area (Å²) in [4.78, 5) is 18.6. The van der Waals surface area contributed by atoms with Crippen LogP contribution in [0.3, 0.4) is 0 Å². The fourth-order valence-electron chi connectivity index (χ4n) is 4.04. The van der Waals surface area contributed by atoms with Crippen LogP contribution in [0.4, 0.5) is 5.82 Å². The van der Waals surface area contributed by atoms with Crippen LogP contribution in [-0.2, 0) is 13.5 Å². The van der Waals surface area contributed by atoms with Gasteiger partial charge in [-0.3, -0.25) is 0 Å². The van der Waals surface area contributed by atoms with E-state index in [9.17, 15) is 5.11 Å². The monoisotopic (exact) mass is 400 g/mol. The maximum atomic E-state index is 10.8. The van der Waals surface area contributed by atoms with E-state index in [1.165, 1.54) is 15.8 Å². The summed E-state index contributed by atoms with van der Waals surface area (Å²) in [5.41, 5.74) is 7.02. The minimum absolute atomic E-state index is 0.212. The summed E-state index contributed by atoms with van der Waals surface area (Å²) in [5, 5.41) is 11.9. The first kappa shape index (κ1) is 19.3. The fraction of sp³-hybridized carbons (Fsp3) is 0.550. The number of aromatic nitrogens is 4. The molecule has 1 atom stereocenters. The number of hydrogen-bond donors (Lipinski definition) is 2. The number of fused-ring (bicyclic) bond motifs is 1. The van der Waals surface area contributed by atoms with Crippen LogP contribution in [0.25, 0.3) is 10.2 Å². The van der Waals surface area contributed by atoms with Gasteiger partial charge in [0.1, 0.15) is 28.4 Å². The van der Waals surface area contributed by atoms with Crippen LogP contribution >= 0.6 is 11.3 Å². The standard InChI is InChI=1S/C20H28N6OS/c1-12-13(2)28-20-16(12)18(23-15(24-20)4-7-21)26-9-5-14(6-10-26)17(27)19-22-8-11-25(19)3/h8,11,14,17,27H,4-7,9-10,21H2,1-3H3/t17-/m1/s1. The first-order valence-electron chi connectivity index (χ1n) is 9.86. The zero-order chi connectivity index (χ0) is 19.8. The van der Waals surface area contributed by atoms with Crippen molar-refractivity contribution in [2.24, 2.45) is 18.7 Å². The van der Waals surface area contributed by atoms with Gasteiger partial charge < -0.3 is 20.3 Å². The van der Waals surface area contributed by atoms with Crippen LogP contribution in [0.5, 0.6) is 0 Å². The third kappa shape index (κ3) is 3.40. The average Bonchev–Trinajstić information content (AvgIpc) is 3.24. The lowest BCUT2D eigenvalue weighted by Crippen LogP contribution is -2.37. The molecule has 0 spiro atoms. The van der Waals surface area contributed by atoms with E-state index in [0.29, 0.717) is 13.0 Å². The molecule has 1 aliphatic rings. The van der Waals surface area contributed by atoms with Crippen molar-refractivity contribution in [1.29, 1.82) is 0 Å². The van der Waals surface area contributed by atoms with E-state index in [1.54, 1.807) is 17.5 Å². The molecule has 1 aliphatic heterocycles. The van der Waals surface area contributed by atoms with Crippen molar-refractivity contribution in [2.75, 3.05) is 24.5 Å². The van der Waals surface area contributed by atoms with Crippen molar-refractivity contribution in [3.05, 3.63) is 34.5 Å². The molecule has 150 valence electrons. The van der Waals surface area contributed by atoms with Gasteiger partial charge in [-0.25, -0.2) is 15.0 Å². The fourth-order valence-corrected chi connectivity index (χ4v) is 5.08. The summed E-state index contributed by atoms with van der Waals surface area (Å²) in [6.45, 7) is 6.58. The largest absolute Gasteiger partial charge is 0.385 e. The zero-order valence-corrected chi connectivity index (χ0v) is 17.5. The Bertz CT molecular complexity index is 973. The topological polar surface area (TPSA) is 93.1 Å². The van der Waals surface area contributed by atoms with Gasteiger partial charge in [-0.15, -0.1) is 11.3 Å². The molecule has 4 rings (SSSR count). The number of rotatable bonds is 5. The lowest BCUT2D eigenvalue weighted by Gasteiger charge is -2.35. The molecule has 7 nitrogen and oxygen atoms in total. The highest BCUT2D eigenvalue weighted by molar-refractivity contribution is 7.18. The van der Waals surface area contributed by atoms with Gasteiger partial charge in [0.2, 0.25) is 0 Å². The molecule has 3 N–H and O–H groups in total. The second kappa shape index (κ2) is 7.77. The quantitative estimate of drug-likeness (QED) is 0.683. The summed E-state index contributed by atoms with van der Waals surface area (Å²) in [7, 11) is 1.93. The van der Waals surface area contributed by atoms with Gasteiger partial charge in [-0.1, -0.05) is 0 Å². The smallest absolute Gasteiger partial charge is 0.141 e. The summed E-state index contributed by atoms with van der Waals surface area (Å²) in [5.74, 6) is 2.81. The first-order chi connectivity index (χ1) is 13.5. The molecule has 0 radical (unpaired) electrons. The van der Waals surface area contributed by atoms with Crippen LogP contribution in [0, 0.1) is 19.8 Å². The summed E-state index contributed by atoms with van der Waals surface area (Å²) >= 11 is 1.73. The number of hydrogen-bond acceptors (Lipinski definition) is 7. The predicted molar refractivity (Wildman–Crippen MR) is 113 cm³/mol. The van der Waals surface area contributed by atoms with Crippen LogP contribution in [0.1, 0.15) is 41.0 Å². The molecular weight excluding hydrogens is 372 g/mol. The third-order valence-electron chi connectivity index (χ3n) is 5.83. The van der Waals surface area contributed by atoms with Gasteiger partial charge in [0.25, 0.3) is 0 Å². The molecule has 0 saturated carbocycles. The number of aryl methyl sites for hydroxylation is 3. The zero-order valence-electron chi connectivity index (χ0n) is 16.7. The highest BCUT2D eigenvalue weighted by atomic mass is 32.1. The van der Waals surface area contributed by atoms with Gasteiger partial charge >= 0.3 is 0 Å². The SMILES string of the molecule is Cc1sc2nc(CCN)nc(N3CCC([C@@H](O)c4nccn4C)CC3)c2c1C. The Morgan fingerprint density at radius 3 is 2.68 bits per heavy atom. The van der Waals surface area contributed by atoms with Gasteiger partial charge in [-0.2, -0.15) is 0 Å². The van der Waals surface area contributed by atoms with E-state index in [-0.39, 0.29) is 5.92 Å². The van der Waals surface area contributed by atoms with Crippen LogP contribution < -0.4 is 10.6 Å². The van der Waals surface area contributed by atoms with Crippen LogP contribution in [0.2, 0.25) is 0 Å². The Balaban J connectivity index is 1.59. The Labute approximate surface area is 169 Å². The molecule has 0 bridgehead atoms. The van der Waals surface area contributed by atoms with E-state index in [1.807, 2.05) is 17.8 Å². The van der Waals surface area contributed by atoms with Gasteiger partial charge in [0.15, 0.2) is 0 Å². The number of aliphatic hydroxyl groups excluding tert-OH is 1. The highest BCUT2D eigenvalue weighted by Crippen LogP contribution is 2.38. The van der Waals surface area contributed by atoms with Crippen molar-refractivity contribution in [3.8, 4) is 0 Å². The molecular formula is C20H28N6OS. The lowest BCUT2D eigenvalue weighted by atomic mass is 9.90. The van der Waals surface area contributed by atoms with E-state index in [4.69, 9.17) is 15.7 Å². The summed E-state index contributed by atoms with van der Waals surface area (Å²) < 4.78 is 1.90. The maximum absolute atomic E-state index is 10.8. The molecule has 3 aromatic heterocycles. The van der Waals surface area contributed by atoms with E-state index >= 15 is 0 Å². The molecule has 1 saturated heterocycles. The minimum Gasteiger partial charge on any atom is -0.385 e. The maximum Gasteiger partial charge on any atom is 0.141 e. The number of thiophene rings is 1. The Morgan fingerprint density at radius 1 is 1.29 bits per heavy atom. The first-order valence-corrected chi connectivity index (χ1v) is 10.7. The van der Waals surface area contributed by atoms with Crippen LogP contribution in [0.15, 0.2) is 12.4 Å². The molecule has 3 aromatic rings. The number of nitrogens with zero attached hydrogens (tertiary/aromatic N) is 5. The molecule has 0 aliphatic carbocycles. The normalized spacial score (nSPS) is 16.8. The number of imidazole rings is 1. The molecule has 8 heteroatoms. The molecule has 0 aromatic carbocycles. The Hall–Kier alpha value is -2.03. The van der Waals surface area contributed by atoms with Gasteiger partial charge in [0.05, 0.1) is 5.39 Å². The Kier molecular flexibility index (Phi) is 5.35. The van der Waals surface area contributed by atoms with Gasteiger partial charge in [-0.05, 0) is 44.7 Å². The highest BCUT2D eigenvalue weighted by Gasteiger charge is 2.30.